The number of carbonyl (C=O) groups is 4. The molecule has 4 aromatic carbocycles. The van der Waals surface area contributed by atoms with E-state index < -0.39 is 12.7 Å². The van der Waals surface area contributed by atoms with Gasteiger partial charge in [-0.05, 0) is 177 Å². The number of halogens is 2. The maximum atomic E-state index is 12.6. The van der Waals surface area contributed by atoms with Crippen molar-refractivity contribution >= 4 is 74.2 Å². The SMILES string of the molecule is COC(=O)N1c2ccc3c(nc(CCc4ccccc4)n3C3CC4(CNC4)C3)c2CC[C@@H]1C.COC(=O)N1c2ccc3c(nc(CCn4cccn4)n3CCN3CCN(C4CC4)CC3)c2CC[C@@H]1C.COC(=O)N1c2ccc3c(nc(Cc4ccc(OC(F)F)nc4)n3[C@@H]3CCC[C@@H](C(C)=O)C3)c2CC[C@@H]1C. The molecule has 5 atom stereocenters. The molecule has 5 fully saturated rings. The number of carbonyl (C=O) groups excluding carboxylic acids is 4. The highest BCUT2D eigenvalue weighted by Crippen LogP contribution is 2.53. The Morgan fingerprint density at radius 2 is 1.14 bits per heavy atom. The van der Waals surface area contributed by atoms with Crippen LogP contribution in [0.4, 0.5) is 40.2 Å². The molecule has 0 bridgehead atoms. The summed E-state index contributed by atoms with van der Waals surface area (Å²) in [5.41, 5.74) is 15.0. The number of anilines is 3. The van der Waals surface area contributed by atoms with E-state index in [1.165, 1.54) is 100 Å². The van der Waals surface area contributed by atoms with Crippen LogP contribution in [0.3, 0.4) is 0 Å². The van der Waals surface area contributed by atoms with E-state index in [9.17, 15) is 28.0 Å². The monoisotopic (exact) mass is 1460 g/mol. The van der Waals surface area contributed by atoms with Crippen LogP contribution in [0.25, 0.3) is 33.1 Å². The van der Waals surface area contributed by atoms with Gasteiger partial charge in [-0.25, -0.2) is 34.3 Å². The zero-order valence-electron chi connectivity index (χ0n) is 62.8. The lowest BCUT2D eigenvalue weighted by Crippen LogP contribution is -2.60. The van der Waals surface area contributed by atoms with Crippen LogP contribution in [0.5, 0.6) is 5.88 Å². The molecule has 5 aromatic heterocycles. The highest BCUT2D eigenvalue weighted by atomic mass is 19.3. The molecule has 25 heteroatoms. The highest BCUT2D eigenvalue weighted by molar-refractivity contribution is 5.98. The molecule has 9 aromatic rings. The summed E-state index contributed by atoms with van der Waals surface area (Å²) in [6.07, 6.45) is 21.5. The Labute approximate surface area is 623 Å². The Kier molecular flexibility index (Phi) is 21.5. The lowest BCUT2D eigenvalue weighted by atomic mass is 9.61. The van der Waals surface area contributed by atoms with Gasteiger partial charge in [-0.3, -0.25) is 34.0 Å². The Morgan fingerprint density at radius 3 is 1.66 bits per heavy atom. The van der Waals surface area contributed by atoms with Gasteiger partial charge in [0, 0.05) is 162 Å². The molecule has 2 saturated heterocycles. The van der Waals surface area contributed by atoms with E-state index in [4.69, 9.17) is 29.2 Å². The fraction of sp³-hybridized carbons (Fsp3) is 0.524. The zero-order chi connectivity index (χ0) is 74.2. The Morgan fingerprint density at radius 1 is 0.570 bits per heavy atom. The summed E-state index contributed by atoms with van der Waals surface area (Å²) in [7, 11) is 4.29. The molecule has 0 unspecified atom stereocenters. The second-order valence-corrected chi connectivity index (χ2v) is 30.9. The minimum Gasteiger partial charge on any atom is -0.452 e. The number of aromatic nitrogens is 9. The van der Waals surface area contributed by atoms with Gasteiger partial charge in [-0.2, -0.15) is 13.9 Å². The first-order valence-electron chi connectivity index (χ1n) is 38.7. The number of nitrogens with zero attached hydrogens (tertiary/aromatic N) is 14. The van der Waals surface area contributed by atoms with Crippen LogP contribution >= 0.6 is 0 Å². The summed E-state index contributed by atoms with van der Waals surface area (Å²) in [5, 5.41) is 7.85. The number of rotatable bonds is 17. The number of imidazole rings is 3. The highest BCUT2D eigenvalue weighted by Gasteiger charge is 2.50. The molecule has 1 spiro atoms. The first-order chi connectivity index (χ1) is 52.0. The number of hydrogen-bond donors (Lipinski definition) is 1. The molecule has 1 N–H and O–H groups in total. The van der Waals surface area contributed by atoms with Crippen molar-refractivity contribution in [3.63, 3.8) is 0 Å². The van der Waals surface area contributed by atoms with E-state index >= 15 is 0 Å². The van der Waals surface area contributed by atoms with Gasteiger partial charge in [-0.15, -0.1) is 0 Å². The predicted octanol–water partition coefficient (Wildman–Crippen LogP) is 13.7. The molecule has 10 heterocycles. The Hall–Kier alpha value is -9.33. The largest absolute Gasteiger partial charge is 0.452 e. The number of nitrogens with one attached hydrogen (secondary N) is 1. The van der Waals surface area contributed by atoms with Crippen molar-refractivity contribution in [2.75, 3.05) is 81.8 Å². The van der Waals surface area contributed by atoms with Crippen molar-refractivity contribution in [2.45, 2.75) is 199 Å². The molecule has 3 aliphatic carbocycles. The molecule has 5 aliphatic heterocycles. The minimum atomic E-state index is -2.93. The molecular weight excluding hydrogens is 1360 g/mol. The number of hydrogen-bond acceptors (Lipinski definition) is 16. The van der Waals surface area contributed by atoms with E-state index in [2.05, 4.69) is 112 Å². The van der Waals surface area contributed by atoms with Crippen molar-refractivity contribution in [3.8, 4) is 5.88 Å². The maximum absolute atomic E-state index is 12.6. The number of Topliss-reactive ketones (excluding diaryl/α,β-unsaturated/α-hetero) is 1. The quantitative estimate of drug-likeness (QED) is 0.0838. The number of piperazine rings is 1. The van der Waals surface area contributed by atoms with E-state index in [1.807, 2.05) is 42.2 Å². The van der Waals surface area contributed by atoms with Gasteiger partial charge in [0.15, 0.2) is 0 Å². The van der Waals surface area contributed by atoms with Crippen LogP contribution in [0.2, 0.25) is 0 Å². The predicted molar refractivity (Wildman–Crippen MR) is 407 cm³/mol. The first kappa shape index (κ1) is 73.2. The molecule has 23 nitrogen and oxygen atoms in total. The van der Waals surface area contributed by atoms with Gasteiger partial charge < -0.3 is 38.0 Å². The van der Waals surface area contributed by atoms with Gasteiger partial charge in [0.1, 0.15) is 23.3 Å². The summed E-state index contributed by atoms with van der Waals surface area (Å²) in [6.45, 7) is 14.6. The van der Waals surface area contributed by atoms with Gasteiger partial charge in [-0.1, -0.05) is 42.8 Å². The summed E-state index contributed by atoms with van der Waals surface area (Å²) in [5.74, 6) is 3.17. The van der Waals surface area contributed by atoms with Gasteiger partial charge in [0.05, 0.1) is 71.5 Å². The smallest absolute Gasteiger partial charge is 0.414 e. The van der Waals surface area contributed by atoms with Crippen LogP contribution in [0.15, 0.2) is 104 Å². The van der Waals surface area contributed by atoms with Crippen LogP contribution in [0.1, 0.15) is 156 Å². The normalized spacial score (nSPS) is 21.4. The fourth-order valence-electron chi connectivity index (χ4n) is 18.2. The molecule has 0 radical (unpaired) electrons. The second kappa shape index (κ2) is 31.5. The zero-order valence-corrected chi connectivity index (χ0v) is 62.8. The van der Waals surface area contributed by atoms with Gasteiger partial charge in [0.2, 0.25) is 5.88 Å². The minimum absolute atomic E-state index is 0.00340. The lowest BCUT2D eigenvalue weighted by molar-refractivity contribution is -0.122. The number of pyridine rings is 1. The topological polar surface area (TPSA) is 218 Å². The number of ether oxygens (including phenoxy) is 4. The average molecular weight is 1460 g/mol. The summed E-state index contributed by atoms with van der Waals surface area (Å²) < 4.78 is 54.0. The van der Waals surface area contributed by atoms with Crippen LogP contribution in [-0.4, -0.2) is 175 Å². The van der Waals surface area contributed by atoms with Crippen molar-refractivity contribution < 1.29 is 46.9 Å². The standard InChI is InChI=1S/C28H32F2N4O4.C27H37N7O2.C27H32N4O2/c1-16-7-9-21-22(33(16)28(36)37-3)10-11-23-26(21)32-24(13-18-8-12-25(31-15-18)38-27(29)30)34(23)20-6-4-5-19(14-20)17(2)35;1-20-4-7-22-23(34(20)27(35)36-2)8-9-24-26(22)29-25(10-13-32-12-3-11-28-32)33(24)19-16-30-14-17-31(18-15-30)21-5-6-21;1-18-8-10-21-22(30(18)26(32)33-2)11-12-23-25(21)29-24(13-9-19-6-4-3-5-7-19)31(23)20-14-27(15-20)16-28-17-27/h8,10-12,15-16,19-20,27H,4-7,9,13-14H2,1-3H3;3,8-9,11-12,20-21H,4-7,10,13-19H2,1-2H3;3-7,11-12,18,20,28H,8-10,13-17H2,1-2H3/t16-,19+,20+;20-;18-/m000/s1. The van der Waals surface area contributed by atoms with Gasteiger partial charge in [0.25, 0.3) is 0 Å². The maximum Gasteiger partial charge on any atom is 0.414 e. The van der Waals surface area contributed by atoms with Crippen molar-refractivity contribution in [1.29, 1.82) is 0 Å². The van der Waals surface area contributed by atoms with Crippen molar-refractivity contribution in [3.05, 3.63) is 149 Å². The lowest BCUT2D eigenvalue weighted by Gasteiger charge is -2.55. The van der Waals surface area contributed by atoms with Gasteiger partial charge >= 0.3 is 24.9 Å². The number of amides is 3. The average Bonchev–Trinajstić information content (AvgIpc) is 1.69. The van der Waals surface area contributed by atoms with Crippen molar-refractivity contribution in [2.24, 2.45) is 11.3 Å². The van der Waals surface area contributed by atoms with E-state index in [-0.39, 0.29) is 53.9 Å². The van der Waals surface area contributed by atoms with Crippen molar-refractivity contribution in [1.82, 2.24) is 58.5 Å². The number of benzene rings is 4. The number of alkyl halides is 2. The number of fused-ring (bicyclic) bond motifs is 9. The Bertz CT molecular complexity index is 4670. The molecule has 3 saturated carbocycles. The van der Waals surface area contributed by atoms with E-state index in [1.54, 1.807) is 27.7 Å². The molecule has 8 aliphatic rings. The summed E-state index contributed by atoms with van der Waals surface area (Å²) in [4.78, 5) is 80.1. The van der Waals surface area contributed by atoms with Crippen LogP contribution < -0.4 is 24.8 Å². The number of ketones is 1. The second-order valence-electron chi connectivity index (χ2n) is 30.9. The third-order valence-corrected chi connectivity index (χ3v) is 24.1. The number of methoxy groups -OCH3 is 3. The van der Waals surface area contributed by atoms with E-state index in [0.717, 1.165) is 203 Å². The summed E-state index contributed by atoms with van der Waals surface area (Å²) >= 11 is 0. The Balaban J connectivity index is 0.000000129. The fourth-order valence-corrected chi connectivity index (χ4v) is 18.2. The molecule has 566 valence electrons. The summed E-state index contributed by atoms with van der Waals surface area (Å²) in [6, 6.07) is 30.0. The third kappa shape index (κ3) is 15.1. The first-order valence-corrected chi connectivity index (χ1v) is 38.7. The molecular formula is C82H101F2N15O8. The molecule has 3 amide bonds. The van der Waals surface area contributed by atoms with Crippen LogP contribution in [0, 0.1) is 11.3 Å². The third-order valence-electron chi connectivity index (χ3n) is 24.1. The van der Waals surface area contributed by atoms with Crippen LogP contribution in [-0.2, 0) is 77.0 Å². The molecule has 17 rings (SSSR count). The molecule has 107 heavy (non-hydrogen) atoms. The number of aryl methyl sites for hydroxylation is 7. The van der Waals surface area contributed by atoms with E-state index in [0.29, 0.717) is 17.9 Å².